The van der Waals surface area contributed by atoms with E-state index in [0.29, 0.717) is 11.8 Å². The summed E-state index contributed by atoms with van der Waals surface area (Å²) in [6.07, 6.45) is 11.4. The number of pyridine rings is 3. The molecule has 6 nitrogen and oxygen atoms in total. The molecule has 0 saturated heterocycles. The van der Waals surface area contributed by atoms with E-state index in [-0.39, 0.29) is 0 Å². The van der Waals surface area contributed by atoms with Gasteiger partial charge in [-0.05, 0) is 99.5 Å². The first-order valence-electron chi connectivity index (χ1n) is 16.2. The molecule has 0 aliphatic rings. The third kappa shape index (κ3) is 4.21. The van der Waals surface area contributed by atoms with Gasteiger partial charge in [0.2, 0.25) is 0 Å². The summed E-state index contributed by atoms with van der Waals surface area (Å²) in [7, 11) is 0. The maximum atomic E-state index is 6.56. The molecule has 9 rings (SSSR count). The standard InChI is InChI=1S/C41H33N5O/c1-24(2)29-6-5-7-30(25(3)4)39(29)26-8-13-37-34(20-26)32-12-10-28(22-36(32)40-43-16-18-45(37)40)47-27-9-11-31-33-14-15-42-23-38(33)46-19-17-44-41(46)35(31)21-27/h5-25H,1-4H3. The summed E-state index contributed by atoms with van der Waals surface area (Å²) in [5.41, 5.74) is 9.32. The van der Waals surface area contributed by atoms with Crippen LogP contribution in [0.4, 0.5) is 0 Å². The summed E-state index contributed by atoms with van der Waals surface area (Å²) < 4.78 is 10.8. The number of hydrogen-bond acceptors (Lipinski definition) is 4. The lowest BCUT2D eigenvalue weighted by atomic mass is 9.84. The van der Waals surface area contributed by atoms with E-state index in [1.165, 1.54) is 27.6 Å². The Kier molecular flexibility index (Phi) is 6.09. The molecule has 5 heterocycles. The van der Waals surface area contributed by atoms with Crippen molar-refractivity contribution in [3.63, 3.8) is 0 Å². The van der Waals surface area contributed by atoms with Crippen LogP contribution in [0.5, 0.6) is 11.5 Å². The number of benzene rings is 4. The highest BCUT2D eigenvalue weighted by Crippen LogP contribution is 2.40. The topological polar surface area (TPSA) is 56.7 Å². The molecule has 5 aromatic heterocycles. The molecule has 0 atom stereocenters. The molecule has 0 aliphatic carbocycles. The number of aromatic nitrogens is 5. The predicted octanol–water partition coefficient (Wildman–Crippen LogP) is 10.7. The van der Waals surface area contributed by atoms with Crippen LogP contribution in [0.2, 0.25) is 0 Å². The zero-order chi connectivity index (χ0) is 31.8. The SMILES string of the molecule is CC(C)c1cccc(C(C)C)c1-c1ccc2c(c1)c1ccc(Oc3ccc4c5ccncc5n5ccnc5c4c3)cc1c1nccn21. The lowest BCUT2D eigenvalue weighted by Crippen LogP contribution is -2.00. The Morgan fingerprint density at radius 2 is 1.17 bits per heavy atom. The van der Waals surface area contributed by atoms with Gasteiger partial charge in [0.25, 0.3) is 0 Å². The average Bonchev–Trinajstić information content (AvgIpc) is 3.79. The Hall–Kier alpha value is -5.75. The second-order valence-corrected chi connectivity index (χ2v) is 13.0. The third-order valence-electron chi connectivity index (χ3n) is 9.54. The molecule has 4 aromatic carbocycles. The van der Waals surface area contributed by atoms with Crippen LogP contribution in [-0.4, -0.2) is 23.8 Å². The monoisotopic (exact) mass is 611 g/mol. The van der Waals surface area contributed by atoms with E-state index < -0.39 is 0 Å². The van der Waals surface area contributed by atoms with Gasteiger partial charge in [-0.1, -0.05) is 52.0 Å². The van der Waals surface area contributed by atoms with Crippen LogP contribution < -0.4 is 4.74 Å². The van der Waals surface area contributed by atoms with Gasteiger partial charge in [-0.2, -0.15) is 0 Å². The fraction of sp³-hybridized carbons (Fsp3) is 0.146. The molecule has 0 aliphatic heterocycles. The van der Waals surface area contributed by atoms with Crippen molar-refractivity contribution in [1.29, 1.82) is 0 Å². The van der Waals surface area contributed by atoms with Crippen LogP contribution in [0.25, 0.3) is 65.8 Å². The van der Waals surface area contributed by atoms with Crippen molar-refractivity contribution in [1.82, 2.24) is 23.8 Å². The highest BCUT2D eigenvalue weighted by Gasteiger charge is 2.18. The lowest BCUT2D eigenvalue weighted by Gasteiger charge is -2.21. The van der Waals surface area contributed by atoms with Crippen molar-refractivity contribution in [2.45, 2.75) is 39.5 Å². The number of ether oxygens (including phenoxy) is 1. The van der Waals surface area contributed by atoms with Gasteiger partial charge in [-0.15, -0.1) is 0 Å². The van der Waals surface area contributed by atoms with Crippen molar-refractivity contribution in [3.8, 4) is 22.6 Å². The van der Waals surface area contributed by atoms with Crippen LogP contribution in [0.15, 0.2) is 116 Å². The van der Waals surface area contributed by atoms with Gasteiger partial charge in [0.1, 0.15) is 22.8 Å². The lowest BCUT2D eigenvalue weighted by molar-refractivity contribution is 0.484. The van der Waals surface area contributed by atoms with Gasteiger partial charge in [-0.3, -0.25) is 13.8 Å². The summed E-state index contributed by atoms with van der Waals surface area (Å²) in [6, 6.07) is 28.3. The molecule has 228 valence electrons. The van der Waals surface area contributed by atoms with Crippen molar-refractivity contribution in [3.05, 3.63) is 127 Å². The Balaban J connectivity index is 1.20. The third-order valence-corrected chi connectivity index (χ3v) is 9.54. The van der Waals surface area contributed by atoms with E-state index in [1.807, 2.05) is 43.2 Å². The molecular formula is C41H33N5O. The summed E-state index contributed by atoms with van der Waals surface area (Å²) in [4.78, 5) is 13.8. The highest BCUT2D eigenvalue weighted by molar-refractivity contribution is 6.13. The van der Waals surface area contributed by atoms with Gasteiger partial charge in [0, 0.05) is 52.5 Å². The fourth-order valence-electron chi connectivity index (χ4n) is 7.35. The van der Waals surface area contributed by atoms with Crippen LogP contribution in [0.3, 0.4) is 0 Å². The molecule has 0 amide bonds. The minimum atomic E-state index is 0.419. The van der Waals surface area contributed by atoms with E-state index in [9.17, 15) is 0 Å². The molecule has 0 radical (unpaired) electrons. The van der Waals surface area contributed by atoms with Crippen LogP contribution in [-0.2, 0) is 0 Å². The zero-order valence-electron chi connectivity index (χ0n) is 26.8. The highest BCUT2D eigenvalue weighted by atomic mass is 16.5. The summed E-state index contributed by atoms with van der Waals surface area (Å²) in [6.45, 7) is 9.12. The van der Waals surface area contributed by atoms with E-state index in [4.69, 9.17) is 9.72 Å². The second kappa shape index (κ2) is 10.4. The first-order chi connectivity index (χ1) is 23.0. The van der Waals surface area contributed by atoms with Crippen molar-refractivity contribution in [2.24, 2.45) is 0 Å². The summed E-state index contributed by atoms with van der Waals surface area (Å²) >= 11 is 0. The molecule has 0 saturated carbocycles. The second-order valence-electron chi connectivity index (χ2n) is 13.0. The van der Waals surface area contributed by atoms with Crippen LogP contribution in [0.1, 0.15) is 50.7 Å². The van der Waals surface area contributed by atoms with Gasteiger partial charge in [0.05, 0.1) is 17.2 Å². The molecule has 0 fully saturated rings. The predicted molar refractivity (Wildman–Crippen MR) is 192 cm³/mol. The number of rotatable bonds is 5. The molecule has 0 N–H and O–H groups in total. The molecular weight excluding hydrogens is 578 g/mol. The normalized spacial score (nSPS) is 12.2. The van der Waals surface area contributed by atoms with E-state index in [1.54, 1.807) is 0 Å². The Bertz CT molecular complexity index is 2650. The van der Waals surface area contributed by atoms with Gasteiger partial charge < -0.3 is 4.74 Å². The van der Waals surface area contributed by atoms with Crippen molar-refractivity contribution in [2.75, 3.05) is 0 Å². The van der Waals surface area contributed by atoms with Crippen molar-refractivity contribution >= 4 is 54.6 Å². The van der Waals surface area contributed by atoms with E-state index in [0.717, 1.165) is 60.8 Å². The van der Waals surface area contributed by atoms with Gasteiger partial charge in [-0.25, -0.2) is 9.97 Å². The number of imidazole rings is 2. The maximum Gasteiger partial charge on any atom is 0.145 e. The first kappa shape index (κ1) is 27.6. The minimum Gasteiger partial charge on any atom is -0.457 e. The summed E-state index contributed by atoms with van der Waals surface area (Å²) in [5.74, 6) is 2.35. The Morgan fingerprint density at radius 1 is 0.553 bits per heavy atom. The molecule has 0 unspecified atom stereocenters. The number of nitrogens with zero attached hydrogens (tertiary/aromatic N) is 5. The molecule has 6 heteroatoms. The first-order valence-corrected chi connectivity index (χ1v) is 16.2. The van der Waals surface area contributed by atoms with Crippen molar-refractivity contribution < 1.29 is 4.74 Å². The Labute approximate surface area is 271 Å². The minimum absolute atomic E-state index is 0.419. The number of hydrogen-bond donors (Lipinski definition) is 0. The molecule has 0 spiro atoms. The average molecular weight is 612 g/mol. The maximum absolute atomic E-state index is 6.56. The van der Waals surface area contributed by atoms with Gasteiger partial charge in [0.15, 0.2) is 0 Å². The Morgan fingerprint density at radius 3 is 1.81 bits per heavy atom. The fourth-order valence-corrected chi connectivity index (χ4v) is 7.35. The van der Waals surface area contributed by atoms with Gasteiger partial charge >= 0.3 is 0 Å². The quantitative estimate of drug-likeness (QED) is 0.182. The summed E-state index contributed by atoms with van der Waals surface area (Å²) in [5, 5.41) is 6.67. The zero-order valence-corrected chi connectivity index (χ0v) is 26.8. The van der Waals surface area contributed by atoms with E-state index >= 15 is 0 Å². The molecule has 9 aromatic rings. The smallest absolute Gasteiger partial charge is 0.145 e. The molecule has 0 bridgehead atoms. The number of fused-ring (bicyclic) bond motifs is 12. The van der Waals surface area contributed by atoms with E-state index in [2.05, 4.69) is 119 Å². The largest absolute Gasteiger partial charge is 0.457 e. The molecule has 47 heavy (non-hydrogen) atoms. The van der Waals surface area contributed by atoms with Crippen LogP contribution in [0, 0.1) is 0 Å². The van der Waals surface area contributed by atoms with Crippen LogP contribution >= 0.6 is 0 Å².